The van der Waals surface area contributed by atoms with Crippen LogP contribution in [0.5, 0.6) is 0 Å². The van der Waals surface area contributed by atoms with Gasteiger partial charge >= 0.3 is 0 Å². The number of hydrogen-bond acceptors (Lipinski definition) is 5. The molecule has 1 aliphatic heterocycles. The number of anilines is 3. The van der Waals surface area contributed by atoms with Crippen molar-refractivity contribution >= 4 is 39.3 Å². The minimum absolute atomic E-state index is 0.353. The molecular formula is C24H26N4O. The van der Waals surface area contributed by atoms with Crippen molar-refractivity contribution in [3.63, 3.8) is 0 Å². The van der Waals surface area contributed by atoms with E-state index in [9.17, 15) is 0 Å². The maximum Gasteiger partial charge on any atom is 0.227 e. The zero-order valence-electron chi connectivity index (χ0n) is 17.6. The van der Waals surface area contributed by atoms with Crippen LogP contribution >= 0.6 is 0 Å². The Balaban J connectivity index is 1.78. The van der Waals surface area contributed by atoms with E-state index >= 15 is 0 Å². The summed E-state index contributed by atoms with van der Waals surface area (Å²) in [6.07, 6.45) is 1.87. The molecule has 1 aromatic carbocycles. The first kappa shape index (κ1) is 18.0. The lowest BCUT2D eigenvalue weighted by Crippen LogP contribution is -2.49. The third-order valence-corrected chi connectivity index (χ3v) is 5.87. The van der Waals surface area contributed by atoms with Crippen LogP contribution in [-0.2, 0) is 0 Å². The highest BCUT2D eigenvalue weighted by molar-refractivity contribution is 6.09. The SMILES string of the molecule is Cc1ccc2c(n1)oc1c(N3C[C@H](C)N(C(C)C)c4cccnc43)c(C)ccc12. The molecule has 148 valence electrons. The Morgan fingerprint density at radius 3 is 2.66 bits per heavy atom. The number of nitrogens with zero attached hydrogens (tertiary/aromatic N) is 4. The van der Waals surface area contributed by atoms with Gasteiger partial charge in [0.2, 0.25) is 5.71 Å². The Hall–Kier alpha value is -3.08. The quantitative estimate of drug-likeness (QED) is 0.439. The van der Waals surface area contributed by atoms with Gasteiger partial charge in [-0.3, -0.25) is 0 Å². The van der Waals surface area contributed by atoms with E-state index in [1.807, 2.05) is 25.3 Å². The Kier molecular flexibility index (Phi) is 4.02. The van der Waals surface area contributed by atoms with E-state index in [0.29, 0.717) is 17.8 Å². The van der Waals surface area contributed by atoms with Gasteiger partial charge in [-0.25, -0.2) is 9.97 Å². The molecule has 0 radical (unpaired) electrons. The van der Waals surface area contributed by atoms with Crippen LogP contribution in [0, 0.1) is 13.8 Å². The van der Waals surface area contributed by atoms with E-state index < -0.39 is 0 Å². The van der Waals surface area contributed by atoms with Gasteiger partial charge in [0, 0.05) is 41.3 Å². The summed E-state index contributed by atoms with van der Waals surface area (Å²) in [7, 11) is 0. The molecule has 0 spiro atoms. The smallest absolute Gasteiger partial charge is 0.227 e. The average Bonchev–Trinajstić information content (AvgIpc) is 3.04. The predicted molar refractivity (Wildman–Crippen MR) is 119 cm³/mol. The topological polar surface area (TPSA) is 45.4 Å². The van der Waals surface area contributed by atoms with Crippen LogP contribution in [0.1, 0.15) is 32.0 Å². The number of fused-ring (bicyclic) bond motifs is 4. The minimum atomic E-state index is 0.353. The molecule has 0 N–H and O–H groups in total. The first-order valence-corrected chi connectivity index (χ1v) is 10.3. The first-order valence-electron chi connectivity index (χ1n) is 10.3. The maximum absolute atomic E-state index is 6.33. The summed E-state index contributed by atoms with van der Waals surface area (Å²) >= 11 is 0. The molecule has 5 rings (SSSR count). The van der Waals surface area contributed by atoms with Crippen molar-refractivity contribution in [2.45, 2.75) is 46.7 Å². The van der Waals surface area contributed by atoms with Gasteiger partial charge in [-0.05, 0) is 64.4 Å². The van der Waals surface area contributed by atoms with Gasteiger partial charge in [0.05, 0.1) is 11.4 Å². The molecule has 0 fully saturated rings. The summed E-state index contributed by atoms with van der Waals surface area (Å²) in [6.45, 7) is 11.7. The number of pyridine rings is 2. The Morgan fingerprint density at radius 1 is 1.07 bits per heavy atom. The number of aromatic nitrogens is 2. The molecule has 0 unspecified atom stereocenters. The van der Waals surface area contributed by atoms with Gasteiger partial charge in [-0.1, -0.05) is 12.1 Å². The monoisotopic (exact) mass is 386 g/mol. The van der Waals surface area contributed by atoms with Crippen LogP contribution in [0.4, 0.5) is 17.2 Å². The van der Waals surface area contributed by atoms with E-state index in [1.165, 1.54) is 11.3 Å². The second kappa shape index (κ2) is 6.48. The molecule has 0 amide bonds. The van der Waals surface area contributed by atoms with Gasteiger partial charge in [0.15, 0.2) is 11.4 Å². The summed E-state index contributed by atoms with van der Waals surface area (Å²) in [5, 5.41) is 2.16. The standard InChI is InChI=1S/C24H26N4O/c1-14(2)28-17(5)13-27(23-20(28)7-6-12-25-23)21-15(3)8-10-18-19-11-9-16(4)26-24(19)29-22(18)21/h6-12,14,17H,13H2,1-5H3/t17-/m0/s1. The number of rotatable bonds is 2. The third-order valence-electron chi connectivity index (χ3n) is 5.87. The molecule has 4 aromatic rings. The number of hydrogen-bond donors (Lipinski definition) is 0. The van der Waals surface area contributed by atoms with E-state index in [1.54, 1.807) is 0 Å². The van der Waals surface area contributed by atoms with Crippen LogP contribution < -0.4 is 9.80 Å². The molecule has 1 atom stereocenters. The highest BCUT2D eigenvalue weighted by atomic mass is 16.3. The Labute approximate surface area is 171 Å². The van der Waals surface area contributed by atoms with Crippen LogP contribution in [0.3, 0.4) is 0 Å². The van der Waals surface area contributed by atoms with Crippen molar-refractivity contribution in [1.82, 2.24) is 9.97 Å². The predicted octanol–water partition coefficient (Wildman–Crippen LogP) is 5.75. The summed E-state index contributed by atoms with van der Waals surface area (Å²) in [5.41, 5.74) is 5.98. The van der Waals surface area contributed by atoms with Crippen molar-refractivity contribution in [3.8, 4) is 0 Å². The largest absolute Gasteiger partial charge is 0.435 e. The lowest BCUT2D eigenvalue weighted by Gasteiger charge is -2.44. The van der Waals surface area contributed by atoms with Gasteiger partial charge in [-0.2, -0.15) is 0 Å². The molecule has 5 heteroatoms. The van der Waals surface area contributed by atoms with Gasteiger partial charge in [-0.15, -0.1) is 0 Å². The Bertz CT molecular complexity index is 1230. The van der Waals surface area contributed by atoms with E-state index in [4.69, 9.17) is 9.40 Å². The Morgan fingerprint density at radius 2 is 1.86 bits per heavy atom. The molecule has 0 saturated carbocycles. The van der Waals surface area contributed by atoms with Gasteiger partial charge < -0.3 is 14.2 Å². The fourth-order valence-corrected chi connectivity index (χ4v) is 4.69. The van der Waals surface area contributed by atoms with E-state index in [2.05, 4.69) is 66.7 Å². The maximum atomic E-state index is 6.33. The van der Waals surface area contributed by atoms with E-state index in [-0.39, 0.29) is 0 Å². The summed E-state index contributed by atoms with van der Waals surface area (Å²) in [6, 6.07) is 13.4. The van der Waals surface area contributed by atoms with Gasteiger partial charge in [0.25, 0.3) is 0 Å². The molecule has 3 aromatic heterocycles. The third kappa shape index (κ3) is 2.68. The first-order chi connectivity index (χ1) is 14.0. The molecular weight excluding hydrogens is 360 g/mol. The minimum Gasteiger partial charge on any atom is -0.435 e. The molecule has 0 aliphatic carbocycles. The summed E-state index contributed by atoms with van der Waals surface area (Å²) in [5.74, 6) is 0.986. The van der Waals surface area contributed by atoms with Crippen molar-refractivity contribution in [3.05, 3.63) is 53.9 Å². The van der Waals surface area contributed by atoms with Crippen molar-refractivity contribution in [2.24, 2.45) is 0 Å². The van der Waals surface area contributed by atoms with Crippen LogP contribution in [0.2, 0.25) is 0 Å². The molecule has 0 bridgehead atoms. The van der Waals surface area contributed by atoms with Crippen LogP contribution in [0.15, 0.2) is 47.0 Å². The molecule has 4 heterocycles. The normalized spacial score (nSPS) is 16.8. The lowest BCUT2D eigenvalue weighted by atomic mass is 10.0. The number of aryl methyl sites for hydroxylation is 2. The second-order valence-electron chi connectivity index (χ2n) is 8.32. The summed E-state index contributed by atoms with van der Waals surface area (Å²) < 4.78 is 6.33. The molecule has 29 heavy (non-hydrogen) atoms. The van der Waals surface area contributed by atoms with Crippen LogP contribution in [0.25, 0.3) is 22.1 Å². The summed E-state index contributed by atoms with van der Waals surface area (Å²) in [4.78, 5) is 14.2. The highest BCUT2D eigenvalue weighted by Crippen LogP contribution is 2.44. The van der Waals surface area contributed by atoms with Crippen molar-refractivity contribution in [2.75, 3.05) is 16.3 Å². The highest BCUT2D eigenvalue weighted by Gasteiger charge is 2.33. The zero-order valence-corrected chi connectivity index (χ0v) is 17.6. The second-order valence-corrected chi connectivity index (χ2v) is 8.32. The fourth-order valence-electron chi connectivity index (χ4n) is 4.69. The fraction of sp³-hybridized carbons (Fsp3) is 0.333. The van der Waals surface area contributed by atoms with Gasteiger partial charge in [0.1, 0.15) is 0 Å². The average molecular weight is 386 g/mol. The molecule has 0 saturated heterocycles. The zero-order chi connectivity index (χ0) is 20.3. The lowest BCUT2D eigenvalue weighted by molar-refractivity contribution is 0.556. The number of furan rings is 1. The molecule has 5 nitrogen and oxygen atoms in total. The molecule has 1 aliphatic rings. The van der Waals surface area contributed by atoms with E-state index in [0.717, 1.165) is 40.1 Å². The van der Waals surface area contributed by atoms with Crippen molar-refractivity contribution < 1.29 is 4.42 Å². The van der Waals surface area contributed by atoms with Crippen molar-refractivity contribution in [1.29, 1.82) is 0 Å². The van der Waals surface area contributed by atoms with Crippen LogP contribution in [-0.4, -0.2) is 28.6 Å². The number of benzene rings is 1.